The molecule has 0 radical (unpaired) electrons. The van der Waals surface area contributed by atoms with Gasteiger partial charge in [-0.1, -0.05) is 0 Å². The van der Waals surface area contributed by atoms with Gasteiger partial charge in [-0.15, -0.1) is 0 Å². The SMILES string of the molecule is CN/N=C/c1coc2ccc(OC)cc2c1=O. The minimum absolute atomic E-state index is 0.135. The Morgan fingerprint density at radius 2 is 2.29 bits per heavy atom. The molecule has 0 aliphatic carbocycles. The van der Waals surface area contributed by atoms with Gasteiger partial charge in [0.1, 0.15) is 17.6 Å². The number of hydrazone groups is 1. The monoisotopic (exact) mass is 232 g/mol. The van der Waals surface area contributed by atoms with Crippen LogP contribution in [0, 0.1) is 0 Å². The van der Waals surface area contributed by atoms with Crippen LogP contribution in [0.25, 0.3) is 11.0 Å². The zero-order chi connectivity index (χ0) is 12.3. The number of hydrogen-bond donors (Lipinski definition) is 1. The van der Waals surface area contributed by atoms with Gasteiger partial charge in [-0.05, 0) is 18.2 Å². The molecule has 0 aliphatic rings. The number of hydrogen-bond acceptors (Lipinski definition) is 5. The summed E-state index contributed by atoms with van der Waals surface area (Å²) in [5, 5.41) is 4.26. The number of rotatable bonds is 3. The minimum Gasteiger partial charge on any atom is -0.497 e. The van der Waals surface area contributed by atoms with Crippen LogP contribution in [0.4, 0.5) is 0 Å². The first-order valence-electron chi connectivity index (χ1n) is 5.05. The van der Waals surface area contributed by atoms with Gasteiger partial charge >= 0.3 is 0 Å². The molecule has 88 valence electrons. The molecule has 0 fully saturated rings. The lowest BCUT2D eigenvalue weighted by Gasteiger charge is -2.01. The molecule has 5 nitrogen and oxygen atoms in total. The Bertz CT molecular complexity index is 617. The van der Waals surface area contributed by atoms with Crippen molar-refractivity contribution in [2.45, 2.75) is 0 Å². The predicted molar refractivity (Wildman–Crippen MR) is 65.7 cm³/mol. The van der Waals surface area contributed by atoms with E-state index >= 15 is 0 Å². The van der Waals surface area contributed by atoms with Crippen molar-refractivity contribution in [1.29, 1.82) is 0 Å². The van der Waals surface area contributed by atoms with Gasteiger partial charge in [0, 0.05) is 7.05 Å². The molecule has 0 bridgehead atoms. The highest BCUT2D eigenvalue weighted by molar-refractivity contribution is 5.86. The third kappa shape index (κ3) is 2.13. The molecule has 1 heterocycles. The number of benzene rings is 1. The van der Waals surface area contributed by atoms with Crippen molar-refractivity contribution in [1.82, 2.24) is 5.43 Å². The van der Waals surface area contributed by atoms with Crippen LogP contribution in [0.2, 0.25) is 0 Å². The second kappa shape index (κ2) is 4.69. The summed E-state index contributed by atoms with van der Waals surface area (Å²) in [7, 11) is 3.21. The zero-order valence-corrected chi connectivity index (χ0v) is 9.56. The fourth-order valence-corrected chi connectivity index (χ4v) is 1.48. The fraction of sp³-hybridized carbons (Fsp3) is 0.167. The lowest BCUT2D eigenvalue weighted by molar-refractivity contribution is 0.415. The van der Waals surface area contributed by atoms with Crippen molar-refractivity contribution in [3.05, 3.63) is 40.2 Å². The van der Waals surface area contributed by atoms with Crippen molar-refractivity contribution in [3.8, 4) is 5.75 Å². The Morgan fingerprint density at radius 3 is 3.00 bits per heavy atom. The Kier molecular flexibility index (Phi) is 3.09. The second-order valence-corrected chi connectivity index (χ2v) is 3.36. The van der Waals surface area contributed by atoms with Crippen LogP contribution in [0.5, 0.6) is 5.75 Å². The molecule has 2 rings (SSSR count). The van der Waals surface area contributed by atoms with Gasteiger partial charge in [0.15, 0.2) is 0 Å². The van der Waals surface area contributed by atoms with E-state index in [9.17, 15) is 4.79 Å². The molecule has 0 spiro atoms. The summed E-state index contributed by atoms with van der Waals surface area (Å²) in [6.45, 7) is 0. The van der Waals surface area contributed by atoms with Crippen LogP contribution in [0.1, 0.15) is 5.56 Å². The molecule has 1 aromatic heterocycles. The smallest absolute Gasteiger partial charge is 0.201 e. The van der Waals surface area contributed by atoms with Crippen LogP contribution >= 0.6 is 0 Å². The van der Waals surface area contributed by atoms with Gasteiger partial charge in [0.2, 0.25) is 5.43 Å². The molecule has 0 atom stereocenters. The number of ether oxygens (including phenoxy) is 1. The Morgan fingerprint density at radius 1 is 1.47 bits per heavy atom. The quantitative estimate of drug-likeness (QED) is 0.641. The van der Waals surface area contributed by atoms with Gasteiger partial charge in [-0.25, -0.2) is 0 Å². The third-order valence-electron chi connectivity index (χ3n) is 2.34. The average molecular weight is 232 g/mol. The maximum absolute atomic E-state index is 12.1. The summed E-state index contributed by atoms with van der Waals surface area (Å²) in [5.41, 5.74) is 3.36. The number of nitrogens with one attached hydrogen (secondary N) is 1. The fourth-order valence-electron chi connectivity index (χ4n) is 1.48. The van der Waals surface area contributed by atoms with E-state index in [2.05, 4.69) is 10.5 Å². The maximum Gasteiger partial charge on any atom is 0.201 e. The molecular weight excluding hydrogens is 220 g/mol. The van der Waals surface area contributed by atoms with Gasteiger partial charge in [0.05, 0.1) is 24.3 Å². The van der Waals surface area contributed by atoms with Gasteiger partial charge < -0.3 is 14.6 Å². The van der Waals surface area contributed by atoms with Crippen molar-refractivity contribution in [2.24, 2.45) is 5.10 Å². The highest BCUT2D eigenvalue weighted by Gasteiger charge is 2.06. The van der Waals surface area contributed by atoms with Gasteiger partial charge in [0.25, 0.3) is 0 Å². The molecule has 0 aliphatic heterocycles. The molecular formula is C12H12N2O3. The highest BCUT2D eigenvalue weighted by Crippen LogP contribution is 2.18. The number of nitrogens with zero attached hydrogens (tertiary/aromatic N) is 1. The molecule has 0 saturated heterocycles. The van der Waals surface area contributed by atoms with Crippen LogP contribution < -0.4 is 15.6 Å². The van der Waals surface area contributed by atoms with E-state index in [0.717, 1.165) is 0 Å². The molecule has 2 aromatic rings. The first kappa shape index (κ1) is 11.2. The number of methoxy groups -OCH3 is 1. The van der Waals surface area contributed by atoms with Crippen molar-refractivity contribution < 1.29 is 9.15 Å². The summed E-state index contributed by atoms with van der Waals surface area (Å²) in [4.78, 5) is 12.1. The molecule has 1 N–H and O–H groups in total. The van der Waals surface area contributed by atoms with E-state index in [-0.39, 0.29) is 5.43 Å². The van der Waals surface area contributed by atoms with Crippen molar-refractivity contribution in [3.63, 3.8) is 0 Å². The summed E-state index contributed by atoms with van der Waals surface area (Å²) < 4.78 is 10.4. The molecule has 17 heavy (non-hydrogen) atoms. The average Bonchev–Trinajstić information content (AvgIpc) is 2.38. The van der Waals surface area contributed by atoms with E-state index in [0.29, 0.717) is 22.3 Å². The van der Waals surface area contributed by atoms with Gasteiger partial charge in [-0.2, -0.15) is 5.10 Å². The zero-order valence-electron chi connectivity index (χ0n) is 9.56. The molecule has 0 amide bonds. The Hall–Kier alpha value is -2.30. The minimum atomic E-state index is -0.135. The van der Waals surface area contributed by atoms with Gasteiger partial charge in [-0.3, -0.25) is 4.79 Å². The second-order valence-electron chi connectivity index (χ2n) is 3.36. The summed E-state index contributed by atoms with van der Waals surface area (Å²) >= 11 is 0. The predicted octanol–water partition coefficient (Wildman–Crippen LogP) is 1.35. The highest BCUT2D eigenvalue weighted by atomic mass is 16.5. The normalized spacial score (nSPS) is 10.9. The van der Waals surface area contributed by atoms with E-state index < -0.39 is 0 Å². The van der Waals surface area contributed by atoms with E-state index in [1.165, 1.54) is 12.5 Å². The maximum atomic E-state index is 12.1. The summed E-state index contributed by atoms with van der Waals surface area (Å²) in [6, 6.07) is 5.10. The third-order valence-corrected chi connectivity index (χ3v) is 2.34. The topological polar surface area (TPSA) is 63.8 Å². The molecule has 0 saturated carbocycles. The summed E-state index contributed by atoms with van der Waals surface area (Å²) in [5.74, 6) is 0.618. The molecule has 5 heteroatoms. The van der Waals surface area contributed by atoms with Crippen LogP contribution in [-0.2, 0) is 0 Å². The lowest BCUT2D eigenvalue weighted by Crippen LogP contribution is -2.09. The standard InChI is InChI=1S/C12H12N2O3/c1-13-14-6-8-7-17-11-4-3-9(16-2)5-10(11)12(8)15/h3-7,13H,1-2H3/b14-6+. The summed E-state index contributed by atoms with van der Waals surface area (Å²) in [6.07, 6.45) is 2.81. The van der Waals surface area contributed by atoms with Crippen molar-refractivity contribution >= 4 is 17.2 Å². The van der Waals surface area contributed by atoms with Crippen LogP contribution in [0.15, 0.2) is 38.8 Å². The first-order chi connectivity index (χ1) is 8.26. The Balaban J connectivity index is 2.64. The van der Waals surface area contributed by atoms with Crippen LogP contribution in [-0.4, -0.2) is 20.4 Å². The van der Waals surface area contributed by atoms with E-state index in [4.69, 9.17) is 9.15 Å². The first-order valence-corrected chi connectivity index (χ1v) is 5.05. The van der Waals surface area contributed by atoms with Crippen LogP contribution in [0.3, 0.4) is 0 Å². The van der Waals surface area contributed by atoms with Crippen molar-refractivity contribution in [2.75, 3.05) is 14.2 Å². The van der Waals surface area contributed by atoms with E-state index in [1.807, 2.05) is 0 Å². The Labute approximate surface area is 97.7 Å². The largest absolute Gasteiger partial charge is 0.497 e. The lowest BCUT2D eigenvalue weighted by atomic mass is 10.2. The van der Waals surface area contributed by atoms with E-state index in [1.54, 1.807) is 32.4 Å². The number of fused-ring (bicyclic) bond motifs is 1. The molecule has 0 unspecified atom stereocenters. The molecule has 1 aromatic carbocycles.